The van der Waals surface area contributed by atoms with E-state index in [0.29, 0.717) is 39.5 Å². The topological polar surface area (TPSA) is 141 Å². The standard InChI is InChI=1S/C4H11NO2.4C4H9O.C2H6O.H2O.Ti/c6-3-1-5-2-4-7;4*1-2-3-4-5;1-2-3;;/h5-7H,1-4H2;4*2-4H2,1H3;3H,2H2,1H3;1H2;/q;4*-1;;;+4. The average molecular weight is 510 g/mol. The van der Waals surface area contributed by atoms with Gasteiger partial charge in [0.25, 0.3) is 0 Å². The first kappa shape index (κ1) is 39.6. The molecule has 0 saturated heterocycles. The van der Waals surface area contributed by atoms with Gasteiger partial charge in [-0.3, -0.25) is 0 Å². The Morgan fingerprint density at radius 3 is 1.00 bits per heavy atom. The Morgan fingerprint density at radius 2 is 0.812 bits per heavy atom. The van der Waals surface area contributed by atoms with Crippen LogP contribution in [-0.2, 0) is 31.4 Å². The summed E-state index contributed by atoms with van der Waals surface area (Å²) in [4.78, 5) is 0. The third kappa shape index (κ3) is 32.5. The van der Waals surface area contributed by atoms with Crippen LogP contribution in [0, 0.1) is 0 Å². The van der Waals surface area contributed by atoms with Crippen LogP contribution in [0.1, 0.15) is 86.0 Å². The van der Waals surface area contributed by atoms with Crippen LogP contribution in [0.3, 0.4) is 0 Å². The van der Waals surface area contributed by atoms with Gasteiger partial charge in [-0.25, -0.2) is 0 Å². The van der Waals surface area contributed by atoms with Gasteiger partial charge in [0.2, 0.25) is 0 Å². The molecule has 0 aliphatic rings. The fourth-order valence-electron chi connectivity index (χ4n) is 1.90. The Hall–Kier alpha value is 0.354. The molecule has 0 aromatic rings. The van der Waals surface area contributed by atoms with E-state index in [-0.39, 0.29) is 25.3 Å². The second-order valence-electron chi connectivity index (χ2n) is 6.82. The maximum absolute atomic E-state index is 8.15. The second kappa shape index (κ2) is 35.9. The van der Waals surface area contributed by atoms with E-state index in [1.165, 1.54) is 0 Å². The van der Waals surface area contributed by atoms with Gasteiger partial charge < -0.3 is 26.1 Å². The Balaban J connectivity index is -0.000000298. The number of nitrogens with one attached hydrogen (secondary N) is 1. The van der Waals surface area contributed by atoms with Gasteiger partial charge in [-0.15, -0.1) is 0 Å². The first-order valence-corrected chi connectivity index (χ1v) is 14.7. The molecule has 0 unspecified atom stereocenters. The largest absolute Gasteiger partial charge is 0.412 e. The summed E-state index contributed by atoms with van der Waals surface area (Å²) < 4.78 is 24.1. The van der Waals surface area contributed by atoms with Crippen LogP contribution < -0.4 is 5.32 Å². The molecule has 0 aliphatic heterocycles. The molecular weight excluding hydrogens is 454 g/mol. The summed E-state index contributed by atoms with van der Waals surface area (Å²) in [5, 5.41) is 26.7. The van der Waals surface area contributed by atoms with E-state index in [4.69, 9.17) is 28.6 Å². The fraction of sp³-hybridized carbons (Fsp3) is 1.00. The smallest absolute Gasteiger partial charge is 0.0555 e. The van der Waals surface area contributed by atoms with Gasteiger partial charge in [0.1, 0.15) is 0 Å². The Bertz CT molecular complexity index is 256. The molecule has 0 fully saturated rings. The first-order chi connectivity index (χ1) is 15.1. The van der Waals surface area contributed by atoms with Gasteiger partial charge in [-0.2, -0.15) is 0 Å². The maximum atomic E-state index is 8.15. The molecule has 0 atom stereocenters. The van der Waals surface area contributed by atoms with Crippen LogP contribution in [0.2, 0.25) is 0 Å². The summed E-state index contributed by atoms with van der Waals surface area (Å²) in [6, 6.07) is 0. The summed E-state index contributed by atoms with van der Waals surface area (Å²) in [6.07, 6.45) is 8.54. The zero-order valence-corrected chi connectivity index (χ0v) is 23.1. The summed E-state index contributed by atoms with van der Waals surface area (Å²) in [5.41, 5.74) is 0. The second-order valence-corrected chi connectivity index (χ2v) is 10.2. The quantitative estimate of drug-likeness (QED) is 0.145. The molecule has 9 nitrogen and oxygen atoms in total. The van der Waals surface area contributed by atoms with Crippen LogP contribution >= 0.6 is 0 Å². The number of rotatable bonds is 20. The van der Waals surface area contributed by atoms with Gasteiger partial charge in [-0.05, 0) is 6.92 Å². The minimum Gasteiger partial charge on any atom is -0.412 e. The zero-order chi connectivity index (χ0) is 24.1. The molecule has 0 radical (unpaired) electrons. The van der Waals surface area contributed by atoms with Crippen molar-refractivity contribution in [3.8, 4) is 0 Å². The summed E-state index contributed by atoms with van der Waals surface area (Å²) in [6.45, 7) is 14.7. The van der Waals surface area contributed by atoms with Crippen molar-refractivity contribution < 1.29 is 52.2 Å². The molecule has 0 aromatic heterocycles. The minimum atomic E-state index is -3.52. The molecule has 0 spiro atoms. The Morgan fingerprint density at radius 1 is 0.562 bits per heavy atom. The van der Waals surface area contributed by atoms with Crippen LogP contribution in [0.5, 0.6) is 0 Å². The summed E-state index contributed by atoms with van der Waals surface area (Å²) in [5.74, 6) is 0. The van der Waals surface area contributed by atoms with Crippen LogP contribution in [0.15, 0.2) is 0 Å². The number of hydrogen-bond acceptors (Lipinski definition) is 8. The molecule has 10 heteroatoms. The minimum absolute atomic E-state index is 0. The van der Waals surface area contributed by atoms with E-state index in [1.807, 2.05) is 0 Å². The molecule has 0 rings (SSSR count). The normalized spacial score (nSPS) is 10.5. The number of hydrogen-bond donors (Lipinski definition) is 4. The van der Waals surface area contributed by atoms with Gasteiger partial charge in [-0.1, -0.05) is 0 Å². The molecule has 0 bridgehead atoms. The predicted octanol–water partition coefficient (Wildman–Crippen LogP) is 2.80. The zero-order valence-electron chi connectivity index (χ0n) is 21.5. The van der Waals surface area contributed by atoms with Crippen molar-refractivity contribution in [2.75, 3.05) is 59.3 Å². The van der Waals surface area contributed by atoms with Crippen LogP contribution in [0.25, 0.3) is 0 Å². The molecule has 32 heavy (non-hydrogen) atoms. The molecule has 0 saturated carbocycles. The molecule has 0 aromatic carbocycles. The van der Waals surface area contributed by atoms with Gasteiger partial charge in [0, 0.05) is 19.7 Å². The predicted molar refractivity (Wildman–Crippen MR) is 127 cm³/mol. The van der Waals surface area contributed by atoms with E-state index >= 15 is 0 Å². The fourth-order valence-corrected chi connectivity index (χ4v) is 5.14. The summed E-state index contributed by atoms with van der Waals surface area (Å²) >= 11 is -3.52. The van der Waals surface area contributed by atoms with Gasteiger partial charge in [0.15, 0.2) is 0 Å². The van der Waals surface area contributed by atoms with E-state index in [2.05, 4.69) is 33.0 Å². The van der Waals surface area contributed by atoms with Crippen molar-refractivity contribution in [1.82, 2.24) is 5.32 Å². The number of aliphatic hydroxyl groups excluding tert-OH is 3. The van der Waals surface area contributed by atoms with Crippen molar-refractivity contribution in [1.29, 1.82) is 0 Å². The Labute approximate surface area is 202 Å². The molecule has 0 aliphatic carbocycles. The number of aliphatic hydroxyl groups is 3. The first-order valence-electron chi connectivity index (χ1n) is 12.2. The maximum Gasteiger partial charge on any atom is 0.0555 e. The average Bonchev–Trinajstić information content (AvgIpc) is 2.76. The van der Waals surface area contributed by atoms with Crippen LogP contribution in [-0.4, -0.2) is 80.1 Å². The summed E-state index contributed by atoms with van der Waals surface area (Å²) in [7, 11) is 0. The van der Waals surface area contributed by atoms with Crippen molar-refractivity contribution in [3.05, 3.63) is 0 Å². The molecule has 0 amide bonds. The third-order valence-electron chi connectivity index (χ3n) is 3.68. The van der Waals surface area contributed by atoms with Crippen molar-refractivity contribution in [3.63, 3.8) is 0 Å². The van der Waals surface area contributed by atoms with E-state index in [0.717, 1.165) is 51.4 Å². The molecule has 0 heterocycles. The monoisotopic (exact) mass is 509 g/mol. The molecule has 6 N–H and O–H groups in total. The molecular formula is C22H55NO8Ti. The number of unbranched alkanes of at least 4 members (excludes halogenated alkanes) is 4. The van der Waals surface area contributed by atoms with Crippen LogP contribution in [0.4, 0.5) is 0 Å². The SMILES string of the molecule is CCCC[O][Ti]([O]CCCC)([O]CCCC)[O]CCCC.CCO.O.OCCNCCO. The molecule has 200 valence electrons. The van der Waals surface area contributed by atoms with E-state index in [1.54, 1.807) is 6.92 Å². The Kier molecular flexibility index (Phi) is 44.4. The third-order valence-corrected chi connectivity index (χ3v) is 7.17. The van der Waals surface area contributed by atoms with Crippen molar-refractivity contribution in [2.24, 2.45) is 0 Å². The van der Waals surface area contributed by atoms with Crippen molar-refractivity contribution >= 4 is 0 Å². The van der Waals surface area contributed by atoms with E-state index in [9.17, 15) is 0 Å². The van der Waals surface area contributed by atoms with Gasteiger partial charge >= 0.3 is 137 Å². The van der Waals surface area contributed by atoms with Gasteiger partial charge in [0.05, 0.1) is 13.2 Å². The van der Waals surface area contributed by atoms with E-state index < -0.39 is 18.1 Å². The van der Waals surface area contributed by atoms with Crippen molar-refractivity contribution in [2.45, 2.75) is 86.0 Å².